The van der Waals surface area contributed by atoms with Gasteiger partial charge in [-0.05, 0) is 38.5 Å². The standard InChI is InChI=1S/C18H26FN5O.HI/c1-6-25-17-8-7-14(9-16(17)19)10-21-18(20-4)22-11-15-12(2)23-24(5)13(15)3;/h7-9H,6,10-11H2,1-5H3,(H2,20,21,22);1H. The van der Waals surface area contributed by atoms with Gasteiger partial charge in [-0.1, -0.05) is 6.07 Å². The Morgan fingerprint density at radius 3 is 2.50 bits per heavy atom. The van der Waals surface area contributed by atoms with Crippen molar-refractivity contribution in [2.75, 3.05) is 13.7 Å². The number of rotatable bonds is 6. The van der Waals surface area contributed by atoms with Crippen LogP contribution in [0.1, 0.15) is 29.4 Å². The van der Waals surface area contributed by atoms with Crippen LogP contribution >= 0.6 is 24.0 Å². The van der Waals surface area contributed by atoms with E-state index in [1.807, 2.05) is 38.6 Å². The first-order valence-electron chi connectivity index (χ1n) is 8.31. The van der Waals surface area contributed by atoms with Crippen molar-refractivity contribution in [3.63, 3.8) is 0 Å². The summed E-state index contributed by atoms with van der Waals surface area (Å²) in [5.74, 6) is 0.568. The van der Waals surface area contributed by atoms with Crippen molar-refractivity contribution in [3.8, 4) is 5.75 Å². The summed E-state index contributed by atoms with van der Waals surface area (Å²) >= 11 is 0. The second-order valence-corrected chi connectivity index (χ2v) is 5.75. The van der Waals surface area contributed by atoms with Gasteiger partial charge in [-0.25, -0.2) is 4.39 Å². The van der Waals surface area contributed by atoms with Crippen molar-refractivity contribution in [2.24, 2.45) is 12.0 Å². The van der Waals surface area contributed by atoms with Crippen molar-refractivity contribution in [1.82, 2.24) is 20.4 Å². The van der Waals surface area contributed by atoms with Gasteiger partial charge in [-0.15, -0.1) is 24.0 Å². The number of hydrogen-bond acceptors (Lipinski definition) is 3. The first-order chi connectivity index (χ1) is 12.0. The van der Waals surface area contributed by atoms with E-state index in [2.05, 4.69) is 20.7 Å². The number of aryl methyl sites for hydroxylation is 2. The molecule has 26 heavy (non-hydrogen) atoms. The van der Waals surface area contributed by atoms with Crippen molar-refractivity contribution >= 4 is 29.9 Å². The Bertz CT molecular complexity index is 760. The summed E-state index contributed by atoms with van der Waals surface area (Å²) in [6.45, 7) is 7.39. The molecule has 6 nitrogen and oxygen atoms in total. The number of hydrogen-bond donors (Lipinski definition) is 2. The van der Waals surface area contributed by atoms with E-state index in [0.29, 0.717) is 25.7 Å². The predicted octanol–water partition coefficient (Wildman–Crippen LogP) is 3.06. The minimum Gasteiger partial charge on any atom is -0.491 e. The quantitative estimate of drug-likeness (QED) is 0.383. The molecule has 0 atom stereocenters. The average Bonchev–Trinajstić information content (AvgIpc) is 2.83. The fourth-order valence-corrected chi connectivity index (χ4v) is 2.58. The molecule has 1 heterocycles. The van der Waals surface area contributed by atoms with Gasteiger partial charge in [0, 0.05) is 38.4 Å². The molecule has 0 saturated carbocycles. The van der Waals surface area contributed by atoms with Gasteiger partial charge in [-0.2, -0.15) is 5.10 Å². The summed E-state index contributed by atoms with van der Waals surface area (Å²) in [7, 11) is 3.64. The lowest BCUT2D eigenvalue weighted by Gasteiger charge is -2.13. The minimum atomic E-state index is -0.356. The number of nitrogens with zero attached hydrogens (tertiary/aromatic N) is 3. The summed E-state index contributed by atoms with van der Waals surface area (Å²) in [5, 5.41) is 10.9. The van der Waals surface area contributed by atoms with E-state index in [1.54, 1.807) is 13.1 Å². The van der Waals surface area contributed by atoms with Crippen LogP contribution in [0.4, 0.5) is 4.39 Å². The molecule has 2 rings (SSSR count). The van der Waals surface area contributed by atoms with Crippen molar-refractivity contribution in [3.05, 3.63) is 46.5 Å². The van der Waals surface area contributed by atoms with E-state index >= 15 is 0 Å². The molecule has 2 N–H and O–H groups in total. The van der Waals surface area contributed by atoms with E-state index in [0.717, 1.165) is 22.5 Å². The molecular weight excluding hydrogens is 448 g/mol. The molecule has 0 amide bonds. The third-order valence-corrected chi connectivity index (χ3v) is 4.07. The Morgan fingerprint density at radius 1 is 1.27 bits per heavy atom. The highest BCUT2D eigenvalue weighted by Crippen LogP contribution is 2.18. The van der Waals surface area contributed by atoms with Crippen LogP contribution in [0.2, 0.25) is 0 Å². The number of ether oxygens (including phenoxy) is 1. The summed E-state index contributed by atoms with van der Waals surface area (Å²) in [5.41, 5.74) is 4.08. The highest BCUT2D eigenvalue weighted by Gasteiger charge is 2.10. The summed E-state index contributed by atoms with van der Waals surface area (Å²) < 4.78 is 21.0. The first-order valence-corrected chi connectivity index (χ1v) is 8.31. The Hall–Kier alpha value is -1.84. The SMILES string of the molecule is CCOc1ccc(CNC(=NC)NCc2c(C)nn(C)c2C)cc1F.I. The van der Waals surface area contributed by atoms with Crippen LogP contribution in [-0.2, 0) is 20.1 Å². The maximum Gasteiger partial charge on any atom is 0.191 e. The van der Waals surface area contributed by atoms with Gasteiger partial charge < -0.3 is 15.4 Å². The molecule has 8 heteroatoms. The zero-order valence-electron chi connectivity index (χ0n) is 15.9. The molecule has 0 fully saturated rings. The molecule has 1 aromatic carbocycles. The number of guanidine groups is 1. The van der Waals surface area contributed by atoms with Gasteiger partial charge in [-0.3, -0.25) is 9.67 Å². The van der Waals surface area contributed by atoms with E-state index in [9.17, 15) is 4.39 Å². The van der Waals surface area contributed by atoms with E-state index in [4.69, 9.17) is 4.74 Å². The van der Waals surface area contributed by atoms with E-state index < -0.39 is 0 Å². The molecule has 0 radical (unpaired) electrons. The molecule has 2 aromatic rings. The van der Waals surface area contributed by atoms with Crippen molar-refractivity contribution in [1.29, 1.82) is 0 Å². The molecule has 0 aliphatic carbocycles. The number of aliphatic imine (C=N–C) groups is 1. The molecule has 144 valence electrons. The van der Waals surface area contributed by atoms with Crippen molar-refractivity contribution in [2.45, 2.75) is 33.9 Å². The maximum atomic E-state index is 13.9. The Morgan fingerprint density at radius 2 is 1.96 bits per heavy atom. The lowest BCUT2D eigenvalue weighted by Crippen LogP contribution is -2.36. The van der Waals surface area contributed by atoms with Crippen LogP contribution in [0.3, 0.4) is 0 Å². The number of halogens is 2. The van der Waals surface area contributed by atoms with Crippen LogP contribution in [-0.4, -0.2) is 29.4 Å². The molecule has 1 aromatic heterocycles. The van der Waals surface area contributed by atoms with Gasteiger partial charge in [0.2, 0.25) is 0 Å². The van der Waals surface area contributed by atoms with Crippen LogP contribution in [0.5, 0.6) is 5.75 Å². The highest BCUT2D eigenvalue weighted by atomic mass is 127. The molecule has 0 unspecified atom stereocenters. The van der Waals surface area contributed by atoms with Gasteiger partial charge in [0.1, 0.15) is 0 Å². The third kappa shape index (κ3) is 5.58. The van der Waals surface area contributed by atoms with Crippen LogP contribution in [0.25, 0.3) is 0 Å². The van der Waals surface area contributed by atoms with Gasteiger partial charge in [0.25, 0.3) is 0 Å². The predicted molar refractivity (Wildman–Crippen MR) is 113 cm³/mol. The van der Waals surface area contributed by atoms with Gasteiger partial charge >= 0.3 is 0 Å². The number of benzene rings is 1. The fraction of sp³-hybridized carbons (Fsp3) is 0.444. The van der Waals surface area contributed by atoms with E-state index in [-0.39, 0.29) is 35.5 Å². The molecule has 0 spiro atoms. The van der Waals surface area contributed by atoms with Crippen LogP contribution < -0.4 is 15.4 Å². The Kier molecular flexibility index (Phi) is 8.83. The van der Waals surface area contributed by atoms with Crippen molar-refractivity contribution < 1.29 is 9.13 Å². The monoisotopic (exact) mass is 475 g/mol. The van der Waals surface area contributed by atoms with Crippen LogP contribution in [0.15, 0.2) is 23.2 Å². The second-order valence-electron chi connectivity index (χ2n) is 5.75. The topological polar surface area (TPSA) is 63.5 Å². The van der Waals surface area contributed by atoms with Gasteiger partial charge in [0.05, 0.1) is 12.3 Å². The van der Waals surface area contributed by atoms with Crippen LogP contribution in [0, 0.1) is 19.7 Å². The zero-order chi connectivity index (χ0) is 18.4. The summed E-state index contributed by atoms with van der Waals surface area (Å²) in [6, 6.07) is 4.96. The lowest BCUT2D eigenvalue weighted by molar-refractivity contribution is 0.321. The largest absolute Gasteiger partial charge is 0.491 e. The molecular formula is C18H27FIN5O. The highest BCUT2D eigenvalue weighted by molar-refractivity contribution is 14.0. The maximum absolute atomic E-state index is 13.9. The molecule has 0 saturated heterocycles. The normalized spacial score (nSPS) is 11.1. The minimum absolute atomic E-state index is 0. The smallest absolute Gasteiger partial charge is 0.191 e. The number of aromatic nitrogens is 2. The Balaban J connectivity index is 0.00000338. The van der Waals surface area contributed by atoms with E-state index in [1.165, 1.54) is 6.07 Å². The fourth-order valence-electron chi connectivity index (χ4n) is 2.58. The molecule has 0 aliphatic rings. The second kappa shape index (κ2) is 10.3. The summed E-state index contributed by atoms with van der Waals surface area (Å²) in [4.78, 5) is 4.20. The zero-order valence-corrected chi connectivity index (χ0v) is 18.2. The number of nitrogens with one attached hydrogen (secondary N) is 2. The lowest BCUT2D eigenvalue weighted by atomic mass is 10.2. The third-order valence-electron chi connectivity index (χ3n) is 4.07. The van der Waals surface area contributed by atoms with Gasteiger partial charge in [0.15, 0.2) is 17.5 Å². The first kappa shape index (κ1) is 22.2. The molecule has 0 aliphatic heterocycles. The average molecular weight is 475 g/mol. The Labute approximate surface area is 171 Å². The molecule has 0 bridgehead atoms. The summed E-state index contributed by atoms with van der Waals surface area (Å²) in [6.07, 6.45) is 0.